The van der Waals surface area contributed by atoms with Crippen LogP contribution >= 0.6 is 0 Å². The first-order chi connectivity index (χ1) is 13.9. The summed E-state index contributed by atoms with van der Waals surface area (Å²) in [5, 5.41) is 71.1. The van der Waals surface area contributed by atoms with Gasteiger partial charge in [0.1, 0.15) is 0 Å². The molecule has 0 saturated heterocycles. The Balaban J connectivity index is -0.0000000206. The number of carbonyl (C=O) groups is 8. The summed E-state index contributed by atoms with van der Waals surface area (Å²) in [6, 6.07) is 0. The van der Waals surface area contributed by atoms with Gasteiger partial charge in [-0.3, -0.25) is 0 Å². The third-order valence-electron chi connectivity index (χ3n) is 0. The molecule has 0 atom stereocenters. The van der Waals surface area contributed by atoms with Crippen molar-refractivity contribution >= 4 is 124 Å². The van der Waals surface area contributed by atoms with Crippen LogP contribution in [-0.4, -0.2) is 124 Å². The summed E-state index contributed by atoms with van der Waals surface area (Å²) < 4.78 is 0. The second kappa shape index (κ2) is 63.9. The molecule has 0 bridgehead atoms. The average Bonchev–Trinajstić information content (AvgIpc) is 2.30. The van der Waals surface area contributed by atoms with Crippen molar-refractivity contribution in [3.05, 3.63) is 0 Å². The maximum Gasteiger partial charge on any atom is 4.00 e. The second-order valence-corrected chi connectivity index (χ2v) is 3.93. The van der Waals surface area contributed by atoms with E-state index in [9.17, 15) is 0 Å². The maximum atomic E-state index is 8.89. The van der Waals surface area contributed by atoms with Gasteiger partial charge in [-0.2, -0.15) is 0 Å². The van der Waals surface area contributed by atoms with Gasteiger partial charge in [-0.1, -0.05) is 0 Å². The molecule has 16 nitrogen and oxygen atoms in total. The number of hydrogen-bond donors (Lipinski definition) is 0. The quantitative estimate of drug-likeness (QED) is 0.204. The van der Waals surface area contributed by atoms with Gasteiger partial charge in [-0.15, -0.1) is 0 Å². The van der Waals surface area contributed by atoms with E-state index in [1.54, 1.807) is 0 Å². The van der Waals surface area contributed by atoms with Gasteiger partial charge in [-0.05, 0) is 55.4 Å². The van der Waals surface area contributed by atoms with Crippen molar-refractivity contribution in [1.29, 1.82) is 0 Å². The number of carbonyl (C=O) groups excluding carboxylic acids is 8. The van der Waals surface area contributed by atoms with Crippen molar-refractivity contribution in [2.75, 3.05) is 0 Å². The molecule has 0 heterocycles. The molecule has 194 valence electrons. The molecule has 0 rings (SSSR count). The van der Waals surface area contributed by atoms with E-state index in [0.29, 0.717) is 0 Å². The topological polar surface area (TPSA) is 321 Å². The van der Waals surface area contributed by atoms with Gasteiger partial charge in [0, 0.05) is 47.8 Å². The predicted octanol–water partition coefficient (Wildman–Crippen LogP) is -10.7. The zero-order chi connectivity index (χ0) is 28.6. The van der Waals surface area contributed by atoms with E-state index in [1.807, 2.05) is 0 Å². The number of aliphatic carboxylic acids is 8. The van der Waals surface area contributed by atoms with E-state index in [1.165, 1.54) is 0 Å². The van der Waals surface area contributed by atoms with Crippen LogP contribution < -0.4 is 40.9 Å². The van der Waals surface area contributed by atoms with Crippen molar-refractivity contribution in [2.24, 2.45) is 0 Å². The van der Waals surface area contributed by atoms with E-state index < -0.39 is 47.8 Å². The maximum absolute atomic E-state index is 8.89. The van der Waals surface area contributed by atoms with Gasteiger partial charge >= 0.3 is 97.9 Å². The Morgan fingerprint density at radius 2 is 0.314 bits per heavy atom. The molecule has 0 fully saturated rings. The smallest absolute Gasteiger partial charge is 0.550 e. The van der Waals surface area contributed by atoms with Gasteiger partial charge in [0.25, 0.3) is 0 Å². The van der Waals surface area contributed by atoms with Crippen LogP contribution in [0.3, 0.4) is 0 Å². The minimum absolute atomic E-state index is 0. The van der Waals surface area contributed by atoms with Gasteiger partial charge in [0.15, 0.2) is 0 Å². The Morgan fingerprint density at radius 1 is 0.314 bits per heavy atom. The SMILES string of the molecule is CC(=O)[O-].CC(=O)[O-].CC(=O)[O-].CC(=O)[O-].CC(=O)[O-].CC(=O)[O-].CC(=O)[O-].CC(=O)[O-].[Ba+2].[Pb+2].[Ti+4]. The molecular formula is C16H24BaO16PbTi. The second-order valence-electron chi connectivity index (χ2n) is 3.93. The van der Waals surface area contributed by atoms with Crippen LogP contribution in [0.15, 0.2) is 0 Å². The minimum atomic E-state index is -1.08. The predicted molar refractivity (Wildman–Crippen MR) is 97.0 cm³/mol. The first-order valence-electron chi connectivity index (χ1n) is 7.27. The van der Waals surface area contributed by atoms with Crippen molar-refractivity contribution in [1.82, 2.24) is 0 Å². The minimum Gasteiger partial charge on any atom is -0.550 e. The van der Waals surface area contributed by atoms with E-state index in [0.717, 1.165) is 55.4 Å². The number of hydrogen-bond acceptors (Lipinski definition) is 16. The Kier molecular flexibility index (Phi) is 128. The molecule has 0 spiro atoms. The summed E-state index contributed by atoms with van der Waals surface area (Å²) >= 11 is 0. The summed E-state index contributed by atoms with van der Waals surface area (Å²) in [5.74, 6) is -8.67. The molecule has 2 radical (unpaired) electrons. The van der Waals surface area contributed by atoms with Crippen molar-refractivity contribution in [3.63, 3.8) is 0 Å². The first-order valence-corrected chi connectivity index (χ1v) is 7.27. The Labute approximate surface area is 277 Å². The largest absolute Gasteiger partial charge is 4.00 e. The summed E-state index contributed by atoms with van der Waals surface area (Å²) in [5.41, 5.74) is 0. The molecular weight excluding hydrogens is 841 g/mol. The molecule has 19 heteroatoms. The fourth-order valence-electron chi connectivity index (χ4n) is 0. The van der Waals surface area contributed by atoms with E-state index in [-0.39, 0.29) is 97.9 Å². The van der Waals surface area contributed by atoms with E-state index in [2.05, 4.69) is 0 Å². The van der Waals surface area contributed by atoms with Crippen LogP contribution in [0.25, 0.3) is 0 Å². The zero-order valence-electron chi connectivity index (χ0n) is 20.2. The van der Waals surface area contributed by atoms with Gasteiger partial charge in [0.2, 0.25) is 0 Å². The molecule has 0 aliphatic carbocycles. The van der Waals surface area contributed by atoms with Crippen LogP contribution in [0, 0.1) is 0 Å². The van der Waals surface area contributed by atoms with Gasteiger partial charge in [-0.25, -0.2) is 0 Å². The molecule has 0 aliphatic rings. The Hall–Kier alpha value is -1.03. The number of carboxylic acid groups (broad SMARTS) is 8. The van der Waals surface area contributed by atoms with Gasteiger partial charge < -0.3 is 79.2 Å². The molecule has 0 N–H and O–H groups in total. The molecule has 0 unspecified atom stereocenters. The third kappa shape index (κ3) is 29700. The van der Waals surface area contributed by atoms with Crippen molar-refractivity contribution in [3.8, 4) is 0 Å². The van der Waals surface area contributed by atoms with Crippen LogP contribution in [0.5, 0.6) is 0 Å². The van der Waals surface area contributed by atoms with Crippen LogP contribution in [0.1, 0.15) is 55.4 Å². The molecule has 35 heavy (non-hydrogen) atoms. The fourth-order valence-corrected chi connectivity index (χ4v) is 0. The molecule has 0 aromatic rings. The normalized spacial score (nSPS) is 5.71. The summed E-state index contributed by atoms with van der Waals surface area (Å²) in [6.45, 7) is 7.78. The summed E-state index contributed by atoms with van der Waals surface area (Å²) in [7, 11) is 0. The van der Waals surface area contributed by atoms with Crippen molar-refractivity contribution in [2.45, 2.75) is 55.4 Å². The summed E-state index contributed by atoms with van der Waals surface area (Å²) in [4.78, 5) is 71.1. The molecule has 0 saturated carbocycles. The molecule has 0 amide bonds. The number of carboxylic acids is 8. The van der Waals surface area contributed by atoms with Crippen LogP contribution in [0.2, 0.25) is 0 Å². The van der Waals surface area contributed by atoms with E-state index >= 15 is 0 Å². The average molecular weight is 865 g/mol. The molecule has 0 aliphatic heterocycles. The zero-order valence-corrected chi connectivity index (χ0v) is 30.1. The standard InChI is InChI=1S/8C2H4O2.Ba.Pb.Ti/c8*1-2(3)4;;;/h8*1H3,(H,3,4);;;/q;;;;;;;;2*+2;+4/p-8. The molecule has 0 aromatic carbocycles. The van der Waals surface area contributed by atoms with Gasteiger partial charge in [0.05, 0.1) is 0 Å². The van der Waals surface area contributed by atoms with Crippen molar-refractivity contribution < 1.29 is 101 Å². The van der Waals surface area contributed by atoms with Crippen LogP contribution in [0.4, 0.5) is 0 Å². The summed E-state index contributed by atoms with van der Waals surface area (Å²) in [6.07, 6.45) is 0. The Bertz CT molecular complexity index is 380. The van der Waals surface area contributed by atoms with E-state index in [4.69, 9.17) is 79.2 Å². The fraction of sp³-hybridized carbons (Fsp3) is 0.500. The molecule has 0 aromatic heterocycles. The third-order valence-corrected chi connectivity index (χ3v) is 0. The number of rotatable bonds is 0. The van der Waals surface area contributed by atoms with Crippen LogP contribution in [-0.2, 0) is 60.1 Å². The Morgan fingerprint density at radius 3 is 0.314 bits per heavy atom. The first kappa shape index (κ1) is 70.0. The monoisotopic (exact) mass is 866 g/mol.